The van der Waals surface area contributed by atoms with Gasteiger partial charge in [0.15, 0.2) is 0 Å². The predicted molar refractivity (Wildman–Crippen MR) is 69.4 cm³/mol. The van der Waals surface area contributed by atoms with Crippen LogP contribution in [0.4, 0.5) is 0 Å². The highest BCUT2D eigenvalue weighted by Crippen LogP contribution is 2.35. The Morgan fingerprint density at radius 1 is 1.50 bits per heavy atom. The second-order valence-corrected chi connectivity index (χ2v) is 5.98. The van der Waals surface area contributed by atoms with E-state index >= 15 is 0 Å². The van der Waals surface area contributed by atoms with Gasteiger partial charge in [0.05, 0.1) is 12.2 Å². The minimum Gasteiger partial charge on any atom is -0.369 e. The Labute approximate surface area is 103 Å². The van der Waals surface area contributed by atoms with Gasteiger partial charge in [-0.05, 0) is 38.3 Å². The molecule has 0 radical (unpaired) electrons. The summed E-state index contributed by atoms with van der Waals surface area (Å²) in [6.45, 7) is 2.16. The van der Waals surface area contributed by atoms with E-state index in [0.29, 0.717) is 12.2 Å². The fraction of sp³-hybridized carbons (Fsp3) is 0.636. The average Bonchev–Trinajstić information content (AvgIpc) is 2.65. The third-order valence-electron chi connectivity index (χ3n) is 2.60. The molecule has 0 aliphatic carbocycles. The Hall–Kier alpha value is 0.390. The zero-order valence-corrected chi connectivity index (χ0v) is 11.3. The third-order valence-corrected chi connectivity index (χ3v) is 4.67. The zero-order valence-electron chi connectivity index (χ0n) is 8.33. The van der Waals surface area contributed by atoms with Crippen LogP contribution in [-0.4, -0.2) is 10.5 Å². The maximum Gasteiger partial charge on any atom is 0.0921 e. The van der Waals surface area contributed by atoms with E-state index in [1.807, 2.05) is 11.3 Å². The first-order valence-electron chi connectivity index (χ1n) is 5.07. The summed E-state index contributed by atoms with van der Waals surface area (Å²) in [7, 11) is 0. The molecule has 2 rings (SSSR count). The van der Waals surface area contributed by atoms with E-state index in [9.17, 15) is 0 Å². The van der Waals surface area contributed by atoms with Crippen LogP contribution in [0.2, 0.25) is 0 Å². The second-order valence-electron chi connectivity index (χ2n) is 3.78. The molecule has 1 saturated heterocycles. The van der Waals surface area contributed by atoms with E-state index < -0.39 is 0 Å². The van der Waals surface area contributed by atoms with Crippen LogP contribution in [0.5, 0.6) is 0 Å². The largest absolute Gasteiger partial charge is 0.369 e. The quantitative estimate of drug-likeness (QED) is 0.588. The molecule has 1 aliphatic heterocycles. The van der Waals surface area contributed by atoms with Gasteiger partial charge in [-0.15, -0.1) is 11.3 Å². The molecule has 1 aromatic heterocycles. The number of hydrogen-bond donors (Lipinski definition) is 0. The van der Waals surface area contributed by atoms with E-state index in [1.54, 1.807) is 0 Å². The van der Waals surface area contributed by atoms with Crippen LogP contribution in [-0.2, 0) is 4.74 Å². The Kier molecular flexibility index (Phi) is 3.85. The van der Waals surface area contributed by atoms with Gasteiger partial charge in [0.2, 0.25) is 0 Å². The lowest BCUT2D eigenvalue weighted by atomic mass is 10.0. The fourth-order valence-corrected chi connectivity index (χ4v) is 3.45. The number of ether oxygens (including phenoxy) is 1. The van der Waals surface area contributed by atoms with Crippen molar-refractivity contribution in [3.8, 4) is 0 Å². The highest BCUT2D eigenvalue weighted by Gasteiger charge is 2.23. The van der Waals surface area contributed by atoms with E-state index in [4.69, 9.17) is 4.74 Å². The van der Waals surface area contributed by atoms with Crippen LogP contribution in [0.15, 0.2) is 12.1 Å². The van der Waals surface area contributed by atoms with Gasteiger partial charge in [0, 0.05) is 14.2 Å². The molecule has 0 amide bonds. The van der Waals surface area contributed by atoms with Gasteiger partial charge in [-0.1, -0.05) is 22.6 Å². The van der Waals surface area contributed by atoms with Crippen LogP contribution in [0.25, 0.3) is 0 Å². The molecule has 1 aromatic rings. The lowest BCUT2D eigenvalue weighted by molar-refractivity contribution is -0.0356. The summed E-state index contributed by atoms with van der Waals surface area (Å²) >= 11 is 4.30. The van der Waals surface area contributed by atoms with Crippen molar-refractivity contribution in [2.75, 3.05) is 4.43 Å². The van der Waals surface area contributed by atoms with Gasteiger partial charge in [-0.25, -0.2) is 0 Å². The summed E-state index contributed by atoms with van der Waals surface area (Å²) in [5, 5.41) is 0. The number of thiophene rings is 1. The normalized spacial score (nSPS) is 27.9. The SMILES string of the molecule is Cc1ccc(C2CCCC(CI)O2)s1. The molecule has 14 heavy (non-hydrogen) atoms. The summed E-state index contributed by atoms with van der Waals surface area (Å²) in [4.78, 5) is 2.80. The highest BCUT2D eigenvalue weighted by atomic mass is 127. The maximum absolute atomic E-state index is 6.04. The Bertz CT molecular complexity index is 297. The topological polar surface area (TPSA) is 9.23 Å². The minimum atomic E-state index is 0.377. The van der Waals surface area contributed by atoms with Crippen LogP contribution in [0.1, 0.15) is 35.1 Å². The van der Waals surface area contributed by atoms with Crippen LogP contribution >= 0.6 is 33.9 Å². The number of rotatable bonds is 2. The molecule has 1 aliphatic rings. The van der Waals surface area contributed by atoms with Crippen LogP contribution in [0, 0.1) is 6.92 Å². The van der Waals surface area contributed by atoms with Crippen LogP contribution < -0.4 is 0 Å². The molecule has 0 bridgehead atoms. The molecule has 0 aromatic carbocycles. The standard InChI is InChI=1S/C11H15IOS/c1-8-5-6-11(14-8)10-4-2-3-9(7-12)13-10/h5-6,9-10H,2-4,7H2,1H3. The van der Waals surface area contributed by atoms with Crippen molar-refractivity contribution < 1.29 is 4.74 Å². The Morgan fingerprint density at radius 2 is 2.36 bits per heavy atom. The van der Waals surface area contributed by atoms with Gasteiger partial charge in [0.1, 0.15) is 0 Å². The molecule has 2 heterocycles. The van der Waals surface area contributed by atoms with Crippen LogP contribution in [0.3, 0.4) is 0 Å². The van der Waals surface area contributed by atoms with Crippen molar-refractivity contribution in [2.24, 2.45) is 0 Å². The molecule has 0 spiro atoms. The van der Waals surface area contributed by atoms with Gasteiger partial charge in [-0.3, -0.25) is 0 Å². The molecule has 0 saturated carbocycles. The fourth-order valence-electron chi connectivity index (χ4n) is 1.85. The van der Waals surface area contributed by atoms with E-state index in [-0.39, 0.29) is 0 Å². The summed E-state index contributed by atoms with van der Waals surface area (Å²) in [5.41, 5.74) is 0. The monoisotopic (exact) mass is 322 g/mol. The molecule has 1 fully saturated rings. The lowest BCUT2D eigenvalue weighted by Crippen LogP contribution is -2.22. The lowest BCUT2D eigenvalue weighted by Gasteiger charge is -2.28. The first kappa shape index (κ1) is 10.9. The first-order valence-corrected chi connectivity index (χ1v) is 7.41. The molecular weight excluding hydrogens is 307 g/mol. The smallest absolute Gasteiger partial charge is 0.0921 e. The van der Waals surface area contributed by atoms with Gasteiger partial charge >= 0.3 is 0 Å². The molecule has 3 heteroatoms. The number of alkyl halides is 1. The van der Waals surface area contributed by atoms with Gasteiger partial charge < -0.3 is 4.74 Å². The summed E-state index contributed by atoms with van der Waals surface area (Å²) in [6.07, 6.45) is 4.62. The first-order chi connectivity index (χ1) is 6.79. The van der Waals surface area contributed by atoms with Gasteiger partial charge in [0.25, 0.3) is 0 Å². The van der Waals surface area contributed by atoms with Crippen molar-refractivity contribution in [1.29, 1.82) is 0 Å². The molecule has 1 nitrogen and oxygen atoms in total. The molecule has 78 valence electrons. The Balaban J connectivity index is 2.04. The minimum absolute atomic E-state index is 0.377. The molecule has 2 atom stereocenters. The number of halogens is 1. The second kappa shape index (κ2) is 4.94. The number of hydrogen-bond acceptors (Lipinski definition) is 2. The summed E-state index contributed by atoms with van der Waals surface area (Å²) in [5.74, 6) is 0. The highest BCUT2D eigenvalue weighted by molar-refractivity contribution is 14.1. The van der Waals surface area contributed by atoms with Crippen molar-refractivity contribution in [3.63, 3.8) is 0 Å². The van der Waals surface area contributed by atoms with Crippen molar-refractivity contribution in [3.05, 3.63) is 21.9 Å². The van der Waals surface area contributed by atoms with E-state index in [0.717, 1.165) is 4.43 Å². The zero-order chi connectivity index (χ0) is 9.97. The molecule has 0 N–H and O–H groups in total. The number of aryl methyl sites for hydroxylation is 1. The predicted octanol–water partition coefficient (Wildman–Crippen LogP) is 4.10. The van der Waals surface area contributed by atoms with Gasteiger partial charge in [-0.2, -0.15) is 0 Å². The van der Waals surface area contributed by atoms with E-state index in [1.165, 1.54) is 29.0 Å². The summed E-state index contributed by atoms with van der Waals surface area (Å²) < 4.78 is 7.16. The van der Waals surface area contributed by atoms with Crippen molar-refractivity contribution in [1.82, 2.24) is 0 Å². The van der Waals surface area contributed by atoms with E-state index in [2.05, 4.69) is 41.6 Å². The molecule has 2 unspecified atom stereocenters. The maximum atomic E-state index is 6.04. The van der Waals surface area contributed by atoms with Crippen molar-refractivity contribution in [2.45, 2.75) is 38.4 Å². The van der Waals surface area contributed by atoms with Crippen molar-refractivity contribution >= 4 is 33.9 Å². The molecular formula is C11H15IOS. The Morgan fingerprint density at radius 3 is 3.00 bits per heavy atom. The average molecular weight is 322 g/mol. The third kappa shape index (κ3) is 2.49. The summed E-state index contributed by atoms with van der Waals surface area (Å²) in [6, 6.07) is 4.41.